The molecule has 8 nitrogen and oxygen atoms in total. The van der Waals surface area contributed by atoms with Gasteiger partial charge in [-0.25, -0.2) is 12.8 Å². The summed E-state index contributed by atoms with van der Waals surface area (Å²) in [7, 11) is -3.69. The molecule has 0 bridgehead atoms. The number of hydrogen-bond acceptors (Lipinski definition) is 6. The number of primary amides is 1. The largest absolute Gasteiger partial charge is 0.378 e. The molecule has 1 amide bonds. The van der Waals surface area contributed by atoms with Gasteiger partial charge in [-0.15, -0.1) is 0 Å². The molecule has 1 unspecified atom stereocenters. The molecule has 0 aromatic heterocycles. The van der Waals surface area contributed by atoms with E-state index in [0.29, 0.717) is 31.7 Å². The number of aliphatic hydroxyl groups is 1. The van der Waals surface area contributed by atoms with Crippen LogP contribution in [0.1, 0.15) is 37.3 Å². The molecule has 2 fully saturated rings. The molecule has 4 rings (SSSR count). The molecule has 1 aliphatic carbocycles. The molecule has 0 spiro atoms. The number of carbonyl (C=O) groups excluding carboxylic acids is 1. The summed E-state index contributed by atoms with van der Waals surface area (Å²) in [6.45, 7) is 1.71. The Morgan fingerprint density at radius 3 is 2.26 bits per heavy atom. The van der Waals surface area contributed by atoms with Crippen molar-refractivity contribution >= 4 is 15.9 Å². The quantitative estimate of drug-likeness (QED) is 0.473. The molecule has 2 aliphatic rings. The average molecular weight is 505 g/mol. The lowest BCUT2D eigenvalue weighted by atomic mass is 9.81. The summed E-state index contributed by atoms with van der Waals surface area (Å²) < 4.78 is 40.6. The SMILES string of the molecule is NC(=O)[C@@H](NC(O)[C@@H]1CCCC[C@H]1N1CCN(S(=O)(=O)c2ccc(F)cc2)CC1)c1ccccc1. The monoisotopic (exact) mass is 504 g/mol. The van der Waals surface area contributed by atoms with E-state index >= 15 is 0 Å². The first-order valence-corrected chi connectivity index (χ1v) is 13.5. The van der Waals surface area contributed by atoms with Gasteiger partial charge in [-0.1, -0.05) is 43.2 Å². The van der Waals surface area contributed by atoms with Gasteiger partial charge in [0.25, 0.3) is 0 Å². The second kappa shape index (κ2) is 11.1. The van der Waals surface area contributed by atoms with Gasteiger partial charge in [0.15, 0.2) is 0 Å². The average Bonchev–Trinajstić information content (AvgIpc) is 2.88. The smallest absolute Gasteiger partial charge is 0.243 e. The molecule has 4 atom stereocenters. The fourth-order valence-electron chi connectivity index (χ4n) is 5.28. The summed E-state index contributed by atoms with van der Waals surface area (Å²) in [4.78, 5) is 14.4. The van der Waals surface area contributed by atoms with E-state index in [9.17, 15) is 22.7 Å². The second-order valence-electron chi connectivity index (χ2n) is 9.27. The van der Waals surface area contributed by atoms with Crippen LogP contribution in [0.15, 0.2) is 59.5 Å². The Hall–Kier alpha value is -2.37. The molecule has 1 heterocycles. The van der Waals surface area contributed by atoms with E-state index < -0.39 is 34.0 Å². The molecule has 1 aliphatic heterocycles. The lowest BCUT2D eigenvalue weighted by Crippen LogP contribution is -2.57. The van der Waals surface area contributed by atoms with Crippen molar-refractivity contribution in [3.63, 3.8) is 0 Å². The van der Waals surface area contributed by atoms with Gasteiger partial charge >= 0.3 is 0 Å². The van der Waals surface area contributed by atoms with Gasteiger partial charge in [0.1, 0.15) is 18.1 Å². The number of benzene rings is 2. The molecular weight excluding hydrogens is 471 g/mol. The number of halogens is 1. The number of rotatable bonds is 8. The first kappa shape index (κ1) is 25.7. The predicted octanol–water partition coefficient (Wildman–Crippen LogP) is 1.83. The van der Waals surface area contributed by atoms with E-state index in [0.717, 1.165) is 37.8 Å². The van der Waals surface area contributed by atoms with Crippen LogP contribution < -0.4 is 11.1 Å². The van der Waals surface area contributed by atoms with Gasteiger partial charge in [0.05, 0.1) is 4.90 Å². The van der Waals surface area contributed by atoms with E-state index in [1.807, 2.05) is 18.2 Å². The summed E-state index contributed by atoms with van der Waals surface area (Å²) in [6.07, 6.45) is 2.76. The highest BCUT2D eigenvalue weighted by Crippen LogP contribution is 2.32. The molecule has 10 heteroatoms. The topological polar surface area (TPSA) is 116 Å². The number of aliphatic hydroxyl groups excluding tert-OH is 1. The number of nitrogens with one attached hydrogen (secondary N) is 1. The van der Waals surface area contributed by atoms with Gasteiger partial charge in [0, 0.05) is 38.1 Å². The number of amides is 1. The first-order valence-electron chi connectivity index (χ1n) is 12.1. The number of nitrogens with zero attached hydrogens (tertiary/aromatic N) is 2. The number of hydrogen-bond donors (Lipinski definition) is 3. The number of piperazine rings is 1. The van der Waals surface area contributed by atoms with Gasteiger partial charge in [-0.2, -0.15) is 4.31 Å². The van der Waals surface area contributed by atoms with Crippen LogP contribution in [0.2, 0.25) is 0 Å². The van der Waals surface area contributed by atoms with E-state index in [1.54, 1.807) is 12.1 Å². The molecule has 1 saturated heterocycles. The van der Waals surface area contributed by atoms with E-state index in [4.69, 9.17) is 5.73 Å². The molecule has 2 aromatic carbocycles. The maximum atomic E-state index is 13.2. The predicted molar refractivity (Wildman–Crippen MR) is 130 cm³/mol. The Kier molecular flexibility index (Phi) is 8.18. The second-order valence-corrected chi connectivity index (χ2v) is 11.2. The summed E-state index contributed by atoms with van der Waals surface area (Å²) in [5.41, 5.74) is 6.33. The maximum Gasteiger partial charge on any atom is 0.243 e. The van der Waals surface area contributed by atoms with E-state index in [1.165, 1.54) is 16.4 Å². The standard InChI is InChI=1S/C25H33FN4O4S/c26-19-10-12-20(13-11-19)35(33,34)30-16-14-29(15-17-30)22-9-5-4-8-21(22)25(32)28-23(24(27)31)18-6-2-1-3-7-18/h1-3,6-7,10-13,21-23,25,28,32H,4-5,8-9,14-17H2,(H2,27,31)/t21-,22-,23+,25?/m1/s1. The number of carbonyl (C=O) groups is 1. The third-order valence-corrected chi connectivity index (χ3v) is 9.05. The lowest BCUT2D eigenvalue weighted by molar-refractivity contribution is -0.122. The van der Waals surface area contributed by atoms with Crippen LogP contribution in [0.5, 0.6) is 0 Å². The summed E-state index contributed by atoms with van der Waals surface area (Å²) >= 11 is 0. The lowest BCUT2D eigenvalue weighted by Gasteiger charge is -2.45. The Labute approximate surface area is 206 Å². The van der Waals surface area contributed by atoms with Gasteiger partial charge < -0.3 is 10.8 Å². The van der Waals surface area contributed by atoms with Crippen LogP contribution >= 0.6 is 0 Å². The zero-order chi connectivity index (χ0) is 25.0. The van der Waals surface area contributed by atoms with Crippen LogP contribution in [-0.2, 0) is 14.8 Å². The van der Waals surface area contributed by atoms with Crippen molar-refractivity contribution in [3.05, 3.63) is 66.0 Å². The zero-order valence-corrected chi connectivity index (χ0v) is 20.4. The molecule has 2 aromatic rings. The third-order valence-electron chi connectivity index (χ3n) is 7.14. The highest BCUT2D eigenvalue weighted by molar-refractivity contribution is 7.89. The zero-order valence-electron chi connectivity index (χ0n) is 19.6. The fraction of sp³-hybridized carbons (Fsp3) is 0.480. The van der Waals surface area contributed by atoms with Crippen molar-refractivity contribution in [3.8, 4) is 0 Å². The summed E-state index contributed by atoms with van der Waals surface area (Å²) in [5.74, 6) is -1.15. The van der Waals surface area contributed by atoms with E-state index in [2.05, 4.69) is 10.2 Å². The Morgan fingerprint density at radius 2 is 1.63 bits per heavy atom. The fourth-order valence-corrected chi connectivity index (χ4v) is 6.70. The van der Waals surface area contributed by atoms with Crippen molar-refractivity contribution in [1.29, 1.82) is 0 Å². The van der Waals surface area contributed by atoms with Gasteiger partial charge in [-0.3, -0.25) is 15.0 Å². The van der Waals surface area contributed by atoms with Crippen molar-refractivity contribution in [2.24, 2.45) is 11.7 Å². The Bertz CT molecular complexity index is 1090. The molecular formula is C25H33FN4O4S. The summed E-state index contributed by atoms with van der Waals surface area (Å²) in [5, 5.41) is 14.2. The third kappa shape index (κ3) is 5.90. The van der Waals surface area contributed by atoms with E-state index in [-0.39, 0.29) is 16.9 Å². The van der Waals surface area contributed by atoms with Crippen molar-refractivity contribution in [2.75, 3.05) is 26.2 Å². The molecule has 0 radical (unpaired) electrons. The van der Waals surface area contributed by atoms with Crippen LogP contribution in [0.4, 0.5) is 4.39 Å². The minimum atomic E-state index is -3.69. The van der Waals surface area contributed by atoms with Crippen LogP contribution in [-0.4, -0.2) is 67.1 Å². The molecule has 4 N–H and O–H groups in total. The van der Waals surface area contributed by atoms with Gasteiger partial charge in [0.2, 0.25) is 15.9 Å². The highest BCUT2D eigenvalue weighted by Gasteiger charge is 2.39. The highest BCUT2D eigenvalue weighted by atomic mass is 32.2. The Morgan fingerprint density at radius 1 is 1.00 bits per heavy atom. The van der Waals surface area contributed by atoms with Gasteiger partial charge in [-0.05, 0) is 42.7 Å². The first-order chi connectivity index (χ1) is 16.8. The van der Waals surface area contributed by atoms with Crippen molar-refractivity contribution < 1.29 is 22.7 Å². The van der Waals surface area contributed by atoms with Crippen LogP contribution in [0.25, 0.3) is 0 Å². The molecule has 35 heavy (non-hydrogen) atoms. The normalized spacial score (nSPS) is 24.1. The maximum absolute atomic E-state index is 13.2. The van der Waals surface area contributed by atoms with Crippen molar-refractivity contribution in [2.45, 2.75) is 48.9 Å². The minimum absolute atomic E-state index is 0.0613. The molecule has 190 valence electrons. The number of sulfonamides is 1. The van der Waals surface area contributed by atoms with Crippen molar-refractivity contribution in [1.82, 2.24) is 14.5 Å². The Balaban J connectivity index is 1.42. The minimum Gasteiger partial charge on any atom is -0.378 e. The summed E-state index contributed by atoms with van der Waals surface area (Å²) in [6, 6.07) is 13.2. The van der Waals surface area contributed by atoms with Crippen LogP contribution in [0.3, 0.4) is 0 Å². The number of nitrogens with two attached hydrogens (primary N) is 1. The van der Waals surface area contributed by atoms with Crippen LogP contribution in [0, 0.1) is 11.7 Å². The molecule has 1 saturated carbocycles.